The van der Waals surface area contributed by atoms with E-state index in [0.29, 0.717) is 18.0 Å². The van der Waals surface area contributed by atoms with Gasteiger partial charge in [0.05, 0.1) is 14.2 Å². The standard InChI is InChI=1S/C20H25ClN2O3.ClH/c1-23(11-9-15-7-8-18(25-2)19(13-15)26-3)12-10-20(24)22-17-6-4-5-16(21)14-17;/h4-8,13-14H,9-12H2,1-3H3,(H,22,24);1H. The van der Waals surface area contributed by atoms with Crippen LogP contribution in [0.5, 0.6) is 11.5 Å². The van der Waals surface area contributed by atoms with Gasteiger partial charge in [0.15, 0.2) is 11.5 Å². The molecule has 2 aromatic rings. The molecular weight excluding hydrogens is 387 g/mol. The van der Waals surface area contributed by atoms with Crippen LogP contribution in [-0.2, 0) is 11.2 Å². The third-order valence-electron chi connectivity index (χ3n) is 4.06. The third-order valence-corrected chi connectivity index (χ3v) is 4.29. The highest BCUT2D eigenvalue weighted by atomic mass is 35.5. The number of benzene rings is 2. The van der Waals surface area contributed by atoms with Gasteiger partial charge < -0.3 is 19.7 Å². The summed E-state index contributed by atoms with van der Waals surface area (Å²) >= 11 is 5.92. The molecule has 0 saturated carbocycles. The number of hydrogen-bond acceptors (Lipinski definition) is 4. The predicted molar refractivity (Wildman–Crippen MR) is 113 cm³/mol. The molecule has 0 bridgehead atoms. The second-order valence-electron chi connectivity index (χ2n) is 6.05. The topological polar surface area (TPSA) is 50.8 Å². The molecule has 2 rings (SSSR count). The highest BCUT2D eigenvalue weighted by molar-refractivity contribution is 6.30. The maximum atomic E-state index is 12.0. The summed E-state index contributed by atoms with van der Waals surface area (Å²) < 4.78 is 10.6. The van der Waals surface area contributed by atoms with Crippen LogP contribution in [0.3, 0.4) is 0 Å². The van der Waals surface area contributed by atoms with E-state index in [0.717, 1.165) is 35.7 Å². The first-order chi connectivity index (χ1) is 12.5. The highest BCUT2D eigenvalue weighted by Crippen LogP contribution is 2.27. The Bertz CT molecular complexity index is 741. The van der Waals surface area contributed by atoms with Crippen molar-refractivity contribution < 1.29 is 14.3 Å². The molecule has 0 heterocycles. The molecule has 1 N–H and O–H groups in total. The molecule has 7 heteroatoms. The van der Waals surface area contributed by atoms with Crippen molar-refractivity contribution in [1.82, 2.24) is 4.90 Å². The van der Waals surface area contributed by atoms with Crippen LogP contribution < -0.4 is 14.8 Å². The quantitative estimate of drug-likeness (QED) is 0.667. The fourth-order valence-electron chi connectivity index (χ4n) is 2.55. The van der Waals surface area contributed by atoms with E-state index in [2.05, 4.69) is 10.2 Å². The van der Waals surface area contributed by atoms with E-state index in [1.54, 1.807) is 26.4 Å². The Labute approximate surface area is 172 Å². The normalized spacial score (nSPS) is 10.3. The van der Waals surface area contributed by atoms with Gasteiger partial charge in [-0.1, -0.05) is 23.7 Å². The fraction of sp³-hybridized carbons (Fsp3) is 0.350. The fourth-order valence-corrected chi connectivity index (χ4v) is 2.74. The second kappa shape index (κ2) is 11.7. The maximum absolute atomic E-state index is 12.0. The van der Waals surface area contributed by atoms with Gasteiger partial charge in [0.25, 0.3) is 0 Å². The van der Waals surface area contributed by atoms with Crippen molar-refractivity contribution in [2.24, 2.45) is 0 Å². The number of carbonyl (C=O) groups is 1. The van der Waals surface area contributed by atoms with Gasteiger partial charge in [0, 0.05) is 30.2 Å². The number of ether oxygens (including phenoxy) is 2. The van der Waals surface area contributed by atoms with Gasteiger partial charge >= 0.3 is 0 Å². The minimum Gasteiger partial charge on any atom is -0.493 e. The van der Waals surface area contributed by atoms with Crippen molar-refractivity contribution in [3.05, 3.63) is 53.1 Å². The molecule has 0 aliphatic carbocycles. The first kappa shape index (κ1) is 23.1. The molecule has 0 aromatic heterocycles. The smallest absolute Gasteiger partial charge is 0.225 e. The van der Waals surface area contributed by atoms with Gasteiger partial charge in [-0.25, -0.2) is 0 Å². The monoisotopic (exact) mass is 412 g/mol. The number of amides is 1. The van der Waals surface area contributed by atoms with E-state index >= 15 is 0 Å². The van der Waals surface area contributed by atoms with Gasteiger partial charge in [-0.15, -0.1) is 12.4 Å². The minimum absolute atomic E-state index is 0. The van der Waals surface area contributed by atoms with Crippen LogP contribution in [0.4, 0.5) is 5.69 Å². The Kier molecular flexibility index (Phi) is 10.0. The van der Waals surface area contributed by atoms with Gasteiger partial charge in [0.1, 0.15) is 0 Å². The SMILES string of the molecule is COc1ccc(CCN(C)CCC(=O)Nc2cccc(Cl)c2)cc1OC.Cl. The molecule has 0 fully saturated rings. The van der Waals surface area contributed by atoms with Gasteiger partial charge in [-0.3, -0.25) is 4.79 Å². The van der Waals surface area contributed by atoms with Crippen molar-refractivity contribution in [1.29, 1.82) is 0 Å². The van der Waals surface area contributed by atoms with Crippen molar-refractivity contribution >= 4 is 35.6 Å². The zero-order valence-electron chi connectivity index (χ0n) is 15.8. The van der Waals surface area contributed by atoms with Crippen LogP contribution in [0, 0.1) is 0 Å². The summed E-state index contributed by atoms with van der Waals surface area (Å²) in [7, 11) is 5.26. The summed E-state index contributed by atoms with van der Waals surface area (Å²) in [5, 5.41) is 3.47. The maximum Gasteiger partial charge on any atom is 0.225 e. The Balaban J connectivity index is 0.00000364. The molecular formula is C20H26Cl2N2O3. The number of rotatable bonds is 9. The zero-order valence-corrected chi connectivity index (χ0v) is 17.4. The Morgan fingerprint density at radius 3 is 2.48 bits per heavy atom. The van der Waals surface area contributed by atoms with Crippen molar-refractivity contribution in [3.63, 3.8) is 0 Å². The third kappa shape index (κ3) is 7.67. The highest BCUT2D eigenvalue weighted by Gasteiger charge is 2.08. The van der Waals surface area contributed by atoms with Crippen molar-refractivity contribution in [3.8, 4) is 11.5 Å². The van der Waals surface area contributed by atoms with E-state index in [9.17, 15) is 4.79 Å². The first-order valence-corrected chi connectivity index (χ1v) is 8.84. The Morgan fingerprint density at radius 2 is 1.81 bits per heavy atom. The van der Waals surface area contributed by atoms with Crippen LogP contribution in [0.25, 0.3) is 0 Å². The lowest BCUT2D eigenvalue weighted by atomic mass is 10.1. The number of halogens is 2. The van der Waals surface area contributed by atoms with E-state index in [1.165, 1.54) is 0 Å². The number of carbonyl (C=O) groups excluding carboxylic acids is 1. The molecule has 0 unspecified atom stereocenters. The predicted octanol–water partition coefficient (Wildman–Crippen LogP) is 4.28. The molecule has 148 valence electrons. The lowest BCUT2D eigenvalue weighted by Gasteiger charge is -2.17. The number of methoxy groups -OCH3 is 2. The zero-order chi connectivity index (χ0) is 18.9. The number of nitrogens with zero attached hydrogens (tertiary/aromatic N) is 1. The second-order valence-corrected chi connectivity index (χ2v) is 6.49. The van der Waals surface area contributed by atoms with Crippen LogP contribution >= 0.6 is 24.0 Å². The molecule has 0 saturated heterocycles. The Hall–Kier alpha value is -1.95. The number of anilines is 1. The van der Waals surface area contributed by atoms with Crippen LogP contribution in [0.15, 0.2) is 42.5 Å². The van der Waals surface area contributed by atoms with Gasteiger partial charge in [-0.2, -0.15) is 0 Å². The van der Waals surface area contributed by atoms with Crippen molar-refractivity contribution in [2.75, 3.05) is 39.7 Å². The molecule has 0 atom stereocenters. The average Bonchev–Trinajstić information content (AvgIpc) is 2.64. The summed E-state index contributed by atoms with van der Waals surface area (Å²) in [4.78, 5) is 14.2. The van der Waals surface area contributed by atoms with Crippen molar-refractivity contribution in [2.45, 2.75) is 12.8 Å². The first-order valence-electron chi connectivity index (χ1n) is 8.46. The molecule has 5 nitrogen and oxygen atoms in total. The van der Waals surface area contributed by atoms with E-state index in [-0.39, 0.29) is 18.3 Å². The molecule has 0 radical (unpaired) electrons. The lowest BCUT2D eigenvalue weighted by molar-refractivity contribution is -0.116. The average molecular weight is 413 g/mol. The summed E-state index contributed by atoms with van der Waals surface area (Å²) in [5.41, 5.74) is 1.88. The number of hydrogen-bond donors (Lipinski definition) is 1. The summed E-state index contributed by atoms with van der Waals surface area (Å²) in [5.74, 6) is 1.43. The number of nitrogens with one attached hydrogen (secondary N) is 1. The van der Waals surface area contributed by atoms with Gasteiger partial charge in [-0.05, 0) is 49.4 Å². The van der Waals surface area contributed by atoms with E-state index < -0.39 is 0 Å². The summed E-state index contributed by atoms with van der Waals surface area (Å²) in [6.07, 6.45) is 1.29. The lowest BCUT2D eigenvalue weighted by Crippen LogP contribution is -2.26. The minimum atomic E-state index is -0.0229. The van der Waals surface area contributed by atoms with Crippen LogP contribution in [-0.4, -0.2) is 45.2 Å². The van der Waals surface area contributed by atoms with Gasteiger partial charge in [0.2, 0.25) is 5.91 Å². The van der Waals surface area contributed by atoms with E-state index in [1.807, 2.05) is 37.4 Å². The summed E-state index contributed by atoms with van der Waals surface area (Å²) in [6, 6.07) is 13.1. The molecule has 0 aliphatic rings. The van der Waals surface area contributed by atoms with Crippen LogP contribution in [0.2, 0.25) is 5.02 Å². The Morgan fingerprint density at radius 1 is 1.07 bits per heavy atom. The van der Waals surface area contributed by atoms with Crippen LogP contribution in [0.1, 0.15) is 12.0 Å². The molecule has 2 aromatic carbocycles. The molecule has 27 heavy (non-hydrogen) atoms. The molecule has 0 spiro atoms. The summed E-state index contributed by atoms with van der Waals surface area (Å²) in [6.45, 7) is 1.53. The molecule has 0 aliphatic heterocycles. The number of likely N-dealkylation sites (N-methyl/N-ethyl adjacent to an activating group) is 1. The molecule has 1 amide bonds. The largest absolute Gasteiger partial charge is 0.493 e. The van der Waals surface area contributed by atoms with E-state index in [4.69, 9.17) is 21.1 Å².